The largest absolute Gasteiger partial charge is 0.468 e. The first-order valence-electron chi connectivity index (χ1n) is 7.23. The highest BCUT2D eigenvalue weighted by Gasteiger charge is 2.42. The number of hydrogen-bond acceptors (Lipinski definition) is 4. The van der Waals surface area contributed by atoms with E-state index in [9.17, 15) is 4.79 Å². The Morgan fingerprint density at radius 1 is 1.48 bits per heavy atom. The van der Waals surface area contributed by atoms with Crippen LogP contribution in [0.4, 0.5) is 0 Å². The maximum atomic E-state index is 12.2. The van der Waals surface area contributed by atoms with Gasteiger partial charge in [0.25, 0.3) is 0 Å². The summed E-state index contributed by atoms with van der Waals surface area (Å²) in [4.78, 5) is 14.5. The van der Waals surface area contributed by atoms with Gasteiger partial charge in [-0.15, -0.1) is 6.42 Å². The van der Waals surface area contributed by atoms with Crippen molar-refractivity contribution in [3.8, 4) is 12.3 Å². The fraction of sp³-hybridized carbons (Fsp3) is 0.471. The highest BCUT2D eigenvalue weighted by molar-refractivity contribution is 5.81. The number of ether oxygens (including phenoxy) is 1. The molecule has 21 heavy (non-hydrogen) atoms. The van der Waals surface area contributed by atoms with Gasteiger partial charge >= 0.3 is 5.97 Å². The minimum Gasteiger partial charge on any atom is -0.468 e. The van der Waals surface area contributed by atoms with Crippen LogP contribution in [0.25, 0.3) is 0 Å². The van der Waals surface area contributed by atoms with E-state index in [-0.39, 0.29) is 5.97 Å². The van der Waals surface area contributed by atoms with Gasteiger partial charge in [-0.05, 0) is 24.9 Å². The van der Waals surface area contributed by atoms with Crippen molar-refractivity contribution >= 4 is 5.97 Å². The zero-order valence-electron chi connectivity index (χ0n) is 12.5. The summed E-state index contributed by atoms with van der Waals surface area (Å²) in [5, 5.41) is 3.20. The molecular weight excluding hydrogens is 264 g/mol. The lowest BCUT2D eigenvalue weighted by Gasteiger charge is -2.41. The van der Waals surface area contributed by atoms with Crippen molar-refractivity contribution < 1.29 is 9.53 Å². The first-order valence-corrected chi connectivity index (χ1v) is 7.23. The Hall–Kier alpha value is -1.83. The number of benzene rings is 1. The number of methoxy groups -OCH3 is 1. The van der Waals surface area contributed by atoms with Crippen LogP contribution in [0, 0.1) is 12.3 Å². The van der Waals surface area contributed by atoms with Crippen molar-refractivity contribution in [2.75, 3.05) is 26.7 Å². The number of likely N-dealkylation sites (tertiary alicyclic amines) is 1. The topological polar surface area (TPSA) is 41.6 Å². The number of carbonyl (C=O) groups excluding carboxylic acids is 1. The molecule has 1 N–H and O–H groups in total. The summed E-state index contributed by atoms with van der Waals surface area (Å²) in [5.74, 6) is 2.32. The van der Waals surface area contributed by atoms with Crippen molar-refractivity contribution in [3.63, 3.8) is 0 Å². The Morgan fingerprint density at radius 3 is 2.90 bits per heavy atom. The smallest absolute Gasteiger partial charge is 0.327 e. The minimum absolute atomic E-state index is 0.226. The second kappa shape index (κ2) is 7.26. The quantitative estimate of drug-likeness (QED) is 0.656. The summed E-state index contributed by atoms with van der Waals surface area (Å²) in [6, 6.07) is 10.3. The first kappa shape index (κ1) is 15.6. The molecule has 1 saturated heterocycles. The highest BCUT2D eigenvalue weighted by Crippen LogP contribution is 2.24. The summed E-state index contributed by atoms with van der Waals surface area (Å²) in [7, 11) is 1.43. The van der Waals surface area contributed by atoms with Gasteiger partial charge in [0.05, 0.1) is 13.7 Å². The number of hydrogen-bond donors (Lipinski definition) is 1. The Labute approximate surface area is 126 Å². The molecule has 1 atom stereocenters. The average Bonchev–Trinajstić information content (AvgIpc) is 2.53. The molecule has 0 saturated carbocycles. The lowest BCUT2D eigenvalue weighted by Crippen LogP contribution is -2.62. The van der Waals surface area contributed by atoms with Gasteiger partial charge in [0.15, 0.2) is 0 Å². The van der Waals surface area contributed by atoms with Gasteiger partial charge in [0.1, 0.15) is 5.54 Å². The normalized spacial score (nSPS) is 22.5. The van der Waals surface area contributed by atoms with Crippen molar-refractivity contribution in [2.24, 2.45) is 0 Å². The molecule has 1 aliphatic rings. The third-order valence-electron chi connectivity index (χ3n) is 3.93. The molecule has 4 heteroatoms. The van der Waals surface area contributed by atoms with Gasteiger partial charge in [-0.3, -0.25) is 15.0 Å². The first-order chi connectivity index (χ1) is 10.2. The van der Waals surface area contributed by atoms with Crippen molar-refractivity contribution in [3.05, 3.63) is 35.9 Å². The highest BCUT2D eigenvalue weighted by atomic mass is 16.5. The van der Waals surface area contributed by atoms with Crippen LogP contribution >= 0.6 is 0 Å². The fourth-order valence-electron chi connectivity index (χ4n) is 2.92. The summed E-state index contributed by atoms with van der Waals surface area (Å²) in [5.41, 5.74) is 0.559. The zero-order valence-corrected chi connectivity index (χ0v) is 12.5. The van der Waals surface area contributed by atoms with E-state index in [2.05, 4.69) is 28.3 Å². The summed E-state index contributed by atoms with van der Waals surface area (Å²) in [6.07, 6.45) is 7.03. The SMILES string of the molecule is C#CCNC1(C(=O)OC)CCCN(Cc2ccccc2)C1. The Balaban J connectivity index is 2.09. The number of esters is 1. The Morgan fingerprint density at radius 2 is 2.24 bits per heavy atom. The van der Waals surface area contributed by atoms with Gasteiger partial charge in [-0.1, -0.05) is 36.3 Å². The number of terminal acetylenes is 1. The molecule has 1 aliphatic heterocycles. The summed E-state index contributed by atoms with van der Waals surface area (Å²) >= 11 is 0. The predicted molar refractivity (Wildman–Crippen MR) is 82.5 cm³/mol. The maximum absolute atomic E-state index is 12.2. The van der Waals surface area contributed by atoms with Gasteiger partial charge in [-0.2, -0.15) is 0 Å². The number of nitrogens with zero attached hydrogens (tertiary/aromatic N) is 1. The van der Waals surface area contributed by atoms with E-state index in [1.807, 2.05) is 18.2 Å². The van der Waals surface area contributed by atoms with E-state index in [4.69, 9.17) is 11.2 Å². The molecule has 1 aromatic carbocycles. The maximum Gasteiger partial charge on any atom is 0.327 e. The van der Waals surface area contributed by atoms with Crippen LogP contribution < -0.4 is 5.32 Å². The lowest BCUT2D eigenvalue weighted by molar-refractivity contribution is -0.151. The van der Waals surface area contributed by atoms with Crippen LogP contribution in [0.5, 0.6) is 0 Å². The Bertz CT molecular complexity index is 509. The Kier molecular flexibility index (Phi) is 5.38. The second-order valence-corrected chi connectivity index (χ2v) is 5.43. The van der Waals surface area contributed by atoms with Crippen molar-refractivity contribution in [2.45, 2.75) is 24.9 Å². The third-order valence-corrected chi connectivity index (χ3v) is 3.93. The number of piperidine rings is 1. The molecular formula is C17H22N2O2. The summed E-state index contributed by atoms with van der Waals surface area (Å²) in [6.45, 7) is 2.80. The van der Waals surface area contributed by atoms with E-state index in [1.165, 1.54) is 12.7 Å². The van der Waals surface area contributed by atoms with Crippen LogP contribution in [0.3, 0.4) is 0 Å². The van der Waals surface area contributed by atoms with E-state index in [0.717, 1.165) is 25.9 Å². The van der Waals surface area contributed by atoms with Crippen LogP contribution in [-0.2, 0) is 16.1 Å². The van der Waals surface area contributed by atoms with E-state index in [1.54, 1.807) is 0 Å². The third kappa shape index (κ3) is 3.84. The standard InChI is InChI=1S/C17H22N2O2/c1-3-11-18-17(16(20)21-2)10-7-12-19(14-17)13-15-8-5-4-6-9-15/h1,4-6,8-9,18H,7,10-14H2,2H3. The fourth-order valence-corrected chi connectivity index (χ4v) is 2.92. The zero-order chi connectivity index (χ0) is 15.1. The van der Waals surface area contributed by atoms with Gasteiger partial charge < -0.3 is 4.74 Å². The number of carbonyl (C=O) groups is 1. The van der Waals surface area contributed by atoms with Crippen LogP contribution in [0.15, 0.2) is 30.3 Å². The molecule has 1 unspecified atom stereocenters. The lowest BCUT2D eigenvalue weighted by atomic mass is 9.88. The molecule has 4 nitrogen and oxygen atoms in total. The molecule has 0 spiro atoms. The van der Waals surface area contributed by atoms with E-state index < -0.39 is 5.54 Å². The molecule has 1 heterocycles. The minimum atomic E-state index is -0.686. The second-order valence-electron chi connectivity index (χ2n) is 5.43. The van der Waals surface area contributed by atoms with Crippen molar-refractivity contribution in [1.29, 1.82) is 0 Å². The number of nitrogens with one attached hydrogen (secondary N) is 1. The predicted octanol–water partition coefficient (Wildman–Crippen LogP) is 1.42. The molecule has 0 radical (unpaired) electrons. The monoisotopic (exact) mass is 286 g/mol. The molecule has 0 aromatic heterocycles. The van der Waals surface area contributed by atoms with Gasteiger partial charge in [0, 0.05) is 13.1 Å². The van der Waals surface area contributed by atoms with Gasteiger partial charge in [0.2, 0.25) is 0 Å². The molecule has 112 valence electrons. The average molecular weight is 286 g/mol. The molecule has 0 aliphatic carbocycles. The van der Waals surface area contributed by atoms with Crippen LogP contribution in [0.1, 0.15) is 18.4 Å². The molecule has 0 amide bonds. The van der Waals surface area contributed by atoms with Crippen LogP contribution in [0.2, 0.25) is 0 Å². The molecule has 1 aromatic rings. The van der Waals surface area contributed by atoms with E-state index in [0.29, 0.717) is 13.1 Å². The van der Waals surface area contributed by atoms with E-state index >= 15 is 0 Å². The van der Waals surface area contributed by atoms with Crippen LogP contribution in [-0.4, -0.2) is 43.2 Å². The summed E-state index contributed by atoms with van der Waals surface area (Å²) < 4.78 is 4.99. The molecule has 1 fully saturated rings. The van der Waals surface area contributed by atoms with Crippen molar-refractivity contribution in [1.82, 2.24) is 10.2 Å². The van der Waals surface area contributed by atoms with Gasteiger partial charge in [-0.25, -0.2) is 0 Å². The number of rotatable bonds is 5. The molecule has 0 bridgehead atoms. The molecule has 2 rings (SSSR count).